The number of anilines is 1. The van der Waals surface area contributed by atoms with Gasteiger partial charge in [-0.2, -0.15) is 0 Å². The van der Waals surface area contributed by atoms with Crippen molar-refractivity contribution in [2.45, 2.75) is 51.5 Å². The highest BCUT2D eigenvalue weighted by atomic mass is 35.5. The summed E-state index contributed by atoms with van der Waals surface area (Å²) >= 11 is 6.21. The molecule has 0 saturated heterocycles. The average molecular weight is 515 g/mol. The SMILES string of the molecule is COc1cc(C)c([C@H](C)NC(=O)c2ccc(Cl)c(S(=O)(=O)Nc3ccc(C)cc3)c2)cc1C(C)C. The molecule has 1 atom stereocenters. The second-order valence-electron chi connectivity index (χ2n) is 8.92. The van der Waals surface area contributed by atoms with E-state index in [1.165, 1.54) is 18.2 Å². The second kappa shape index (κ2) is 10.7. The zero-order valence-corrected chi connectivity index (χ0v) is 22.3. The summed E-state index contributed by atoms with van der Waals surface area (Å²) in [7, 11) is -2.35. The Hall–Kier alpha value is -3.03. The number of rotatable bonds is 8. The lowest BCUT2D eigenvalue weighted by Crippen LogP contribution is -2.27. The first kappa shape index (κ1) is 26.6. The topological polar surface area (TPSA) is 84.5 Å². The standard InChI is InChI=1S/C27H31ClN2O4S/c1-16(2)22-15-23(18(4)13-25(22)34-6)19(5)29-27(31)20-9-12-24(28)26(14-20)35(32,33)30-21-10-7-17(3)8-11-21/h7-16,19,30H,1-6H3,(H,29,31)/t19-/m0/s1. The molecule has 0 radical (unpaired) electrons. The molecule has 3 rings (SSSR count). The van der Waals surface area contributed by atoms with Gasteiger partial charge in [0, 0.05) is 11.3 Å². The van der Waals surface area contributed by atoms with Crippen molar-refractivity contribution in [1.29, 1.82) is 0 Å². The molecule has 0 unspecified atom stereocenters. The van der Waals surface area contributed by atoms with E-state index in [1.54, 1.807) is 31.4 Å². The molecule has 0 saturated carbocycles. The number of hydrogen-bond donors (Lipinski definition) is 2. The molecule has 3 aromatic rings. The third-order valence-electron chi connectivity index (χ3n) is 5.84. The molecule has 0 fully saturated rings. The predicted octanol–water partition coefficient (Wildman–Crippen LogP) is 6.38. The molecule has 2 N–H and O–H groups in total. The first-order valence-corrected chi connectivity index (χ1v) is 13.2. The maximum Gasteiger partial charge on any atom is 0.263 e. The quantitative estimate of drug-likeness (QED) is 0.365. The summed E-state index contributed by atoms with van der Waals surface area (Å²) in [5, 5.41) is 3.00. The minimum absolute atomic E-state index is 0.0294. The van der Waals surface area contributed by atoms with Gasteiger partial charge < -0.3 is 10.1 Å². The summed E-state index contributed by atoms with van der Waals surface area (Å²) in [6, 6.07) is 14.9. The van der Waals surface area contributed by atoms with Gasteiger partial charge in [0.05, 0.1) is 18.2 Å². The number of carbonyl (C=O) groups excluding carboxylic acids is 1. The lowest BCUT2D eigenvalue weighted by atomic mass is 9.93. The second-order valence-corrected chi connectivity index (χ2v) is 11.0. The van der Waals surface area contributed by atoms with Gasteiger partial charge in [-0.15, -0.1) is 0 Å². The van der Waals surface area contributed by atoms with E-state index < -0.39 is 15.9 Å². The monoisotopic (exact) mass is 514 g/mol. The molecule has 0 aliphatic heterocycles. The van der Waals surface area contributed by atoms with Crippen molar-refractivity contribution in [3.8, 4) is 5.75 Å². The van der Waals surface area contributed by atoms with Gasteiger partial charge in [-0.1, -0.05) is 43.1 Å². The Kier molecular flexibility index (Phi) is 8.13. The Morgan fingerprint density at radius 2 is 1.60 bits per heavy atom. The highest BCUT2D eigenvalue weighted by Gasteiger charge is 2.22. The molecule has 0 heterocycles. The highest BCUT2D eigenvalue weighted by Crippen LogP contribution is 2.32. The van der Waals surface area contributed by atoms with Crippen LogP contribution in [0.2, 0.25) is 5.02 Å². The van der Waals surface area contributed by atoms with E-state index in [-0.39, 0.29) is 27.4 Å². The van der Waals surface area contributed by atoms with Crippen LogP contribution in [0, 0.1) is 13.8 Å². The number of methoxy groups -OCH3 is 1. The minimum atomic E-state index is -4.00. The van der Waals surface area contributed by atoms with Crippen LogP contribution in [0.3, 0.4) is 0 Å². The summed E-state index contributed by atoms with van der Waals surface area (Å²) in [5.74, 6) is 0.660. The molecule has 6 nitrogen and oxygen atoms in total. The Morgan fingerprint density at radius 3 is 2.20 bits per heavy atom. The normalized spacial score (nSPS) is 12.3. The van der Waals surface area contributed by atoms with E-state index in [9.17, 15) is 13.2 Å². The fourth-order valence-corrected chi connectivity index (χ4v) is 5.44. The number of benzene rings is 3. The lowest BCUT2D eigenvalue weighted by Gasteiger charge is -2.21. The number of carbonyl (C=O) groups is 1. The van der Waals surface area contributed by atoms with Crippen LogP contribution in [0.25, 0.3) is 0 Å². The third kappa shape index (κ3) is 6.16. The van der Waals surface area contributed by atoms with Crippen molar-refractivity contribution in [2.75, 3.05) is 11.8 Å². The van der Waals surface area contributed by atoms with Crippen LogP contribution < -0.4 is 14.8 Å². The number of aryl methyl sites for hydroxylation is 2. The van der Waals surface area contributed by atoms with Crippen molar-refractivity contribution in [3.05, 3.63) is 87.4 Å². The highest BCUT2D eigenvalue weighted by molar-refractivity contribution is 7.92. The van der Waals surface area contributed by atoms with Crippen LogP contribution in [0.1, 0.15) is 65.3 Å². The number of halogens is 1. The summed E-state index contributed by atoms with van der Waals surface area (Å²) in [6.07, 6.45) is 0. The summed E-state index contributed by atoms with van der Waals surface area (Å²) in [6.45, 7) is 9.94. The smallest absolute Gasteiger partial charge is 0.263 e. The molecule has 35 heavy (non-hydrogen) atoms. The Morgan fingerprint density at radius 1 is 0.943 bits per heavy atom. The molecule has 0 spiro atoms. The van der Waals surface area contributed by atoms with Crippen LogP contribution in [0.15, 0.2) is 59.5 Å². The first-order valence-electron chi connectivity index (χ1n) is 11.3. The van der Waals surface area contributed by atoms with E-state index in [1.807, 2.05) is 32.9 Å². The molecular formula is C27H31ClN2O4S. The van der Waals surface area contributed by atoms with Crippen LogP contribution in [0.4, 0.5) is 5.69 Å². The van der Waals surface area contributed by atoms with Gasteiger partial charge in [0.2, 0.25) is 0 Å². The number of amides is 1. The minimum Gasteiger partial charge on any atom is -0.496 e. The van der Waals surface area contributed by atoms with E-state index >= 15 is 0 Å². The molecular weight excluding hydrogens is 484 g/mol. The maximum absolute atomic E-state index is 13.1. The summed E-state index contributed by atoms with van der Waals surface area (Å²) < 4.78 is 34.0. The molecule has 0 aliphatic rings. The van der Waals surface area contributed by atoms with Gasteiger partial charge in [0.25, 0.3) is 15.9 Å². The van der Waals surface area contributed by atoms with Crippen molar-refractivity contribution in [3.63, 3.8) is 0 Å². The zero-order chi connectivity index (χ0) is 25.9. The van der Waals surface area contributed by atoms with Crippen LogP contribution in [-0.2, 0) is 10.0 Å². The van der Waals surface area contributed by atoms with E-state index in [0.717, 1.165) is 28.0 Å². The summed E-state index contributed by atoms with van der Waals surface area (Å²) in [5.41, 5.74) is 4.61. The average Bonchev–Trinajstić information content (AvgIpc) is 2.79. The lowest BCUT2D eigenvalue weighted by molar-refractivity contribution is 0.0939. The Labute approximate surface area is 212 Å². The van der Waals surface area contributed by atoms with E-state index in [2.05, 4.69) is 23.9 Å². The van der Waals surface area contributed by atoms with Crippen molar-refractivity contribution in [2.24, 2.45) is 0 Å². The van der Waals surface area contributed by atoms with Crippen LogP contribution in [0.5, 0.6) is 5.75 Å². The number of nitrogens with one attached hydrogen (secondary N) is 2. The Balaban J connectivity index is 1.86. The van der Waals surface area contributed by atoms with Gasteiger partial charge in [-0.3, -0.25) is 9.52 Å². The molecule has 186 valence electrons. The molecule has 0 bridgehead atoms. The molecule has 0 aliphatic carbocycles. The van der Waals surface area contributed by atoms with E-state index in [4.69, 9.17) is 16.3 Å². The molecule has 8 heteroatoms. The van der Waals surface area contributed by atoms with Gasteiger partial charge in [0.1, 0.15) is 10.6 Å². The van der Waals surface area contributed by atoms with Crippen LogP contribution in [-0.4, -0.2) is 21.4 Å². The fraction of sp³-hybridized carbons (Fsp3) is 0.296. The van der Waals surface area contributed by atoms with Crippen molar-refractivity contribution >= 4 is 33.2 Å². The van der Waals surface area contributed by atoms with Gasteiger partial charge in [-0.25, -0.2) is 8.42 Å². The number of sulfonamides is 1. The fourth-order valence-electron chi connectivity index (χ4n) is 3.85. The van der Waals surface area contributed by atoms with Gasteiger partial charge in [-0.05, 0) is 85.8 Å². The molecule has 3 aromatic carbocycles. The Bertz CT molecular complexity index is 1340. The number of hydrogen-bond acceptors (Lipinski definition) is 4. The number of ether oxygens (including phenoxy) is 1. The van der Waals surface area contributed by atoms with Crippen molar-refractivity contribution < 1.29 is 17.9 Å². The largest absolute Gasteiger partial charge is 0.496 e. The van der Waals surface area contributed by atoms with Crippen molar-refractivity contribution in [1.82, 2.24) is 5.32 Å². The molecule has 1 amide bonds. The summed E-state index contributed by atoms with van der Waals surface area (Å²) in [4.78, 5) is 12.9. The first-order chi connectivity index (χ1) is 16.4. The maximum atomic E-state index is 13.1. The van der Waals surface area contributed by atoms with Gasteiger partial charge >= 0.3 is 0 Å². The predicted molar refractivity (Wildman–Crippen MR) is 141 cm³/mol. The molecule has 0 aromatic heterocycles. The van der Waals surface area contributed by atoms with E-state index in [0.29, 0.717) is 5.69 Å². The third-order valence-corrected chi connectivity index (χ3v) is 7.70. The van der Waals surface area contributed by atoms with Crippen LogP contribution >= 0.6 is 11.6 Å². The van der Waals surface area contributed by atoms with Gasteiger partial charge in [0.15, 0.2) is 0 Å². The zero-order valence-electron chi connectivity index (χ0n) is 20.8.